The maximum atomic E-state index is 12.6. The van der Waals surface area contributed by atoms with Crippen molar-refractivity contribution in [3.05, 3.63) is 59.2 Å². The van der Waals surface area contributed by atoms with Crippen LogP contribution in [0.2, 0.25) is 0 Å². The van der Waals surface area contributed by atoms with Crippen LogP contribution in [0.4, 0.5) is 11.4 Å². The lowest BCUT2D eigenvalue weighted by Crippen LogP contribution is -2.28. The molecule has 1 aliphatic heterocycles. The molecule has 0 bridgehead atoms. The molecule has 98 valence electrons. The third kappa shape index (κ3) is 1.99. The third-order valence-electron chi connectivity index (χ3n) is 3.49. The number of anilines is 2. The predicted octanol–water partition coefficient (Wildman–Crippen LogP) is 2.34. The van der Waals surface area contributed by atoms with Crippen LogP contribution in [0.3, 0.4) is 0 Å². The zero-order valence-electron chi connectivity index (χ0n) is 10.8. The van der Waals surface area contributed by atoms with E-state index >= 15 is 0 Å². The molecule has 4 heteroatoms. The van der Waals surface area contributed by atoms with Gasteiger partial charge in [0.05, 0.1) is 11.6 Å². The van der Waals surface area contributed by atoms with E-state index in [-0.39, 0.29) is 5.91 Å². The van der Waals surface area contributed by atoms with Gasteiger partial charge in [-0.1, -0.05) is 12.1 Å². The van der Waals surface area contributed by atoms with Gasteiger partial charge < -0.3 is 10.6 Å². The summed E-state index contributed by atoms with van der Waals surface area (Å²) in [6, 6.07) is 14.4. The average molecular weight is 263 g/mol. The number of carbonyl (C=O) groups excluding carboxylic acids is 1. The fourth-order valence-electron chi connectivity index (χ4n) is 2.48. The Hall–Kier alpha value is -2.80. The summed E-state index contributed by atoms with van der Waals surface area (Å²) < 4.78 is 0. The minimum Gasteiger partial charge on any atom is -0.399 e. The highest BCUT2D eigenvalue weighted by atomic mass is 16.2. The molecule has 0 atom stereocenters. The van der Waals surface area contributed by atoms with E-state index in [1.54, 1.807) is 29.2 Å². The minimum atomic E-state index is -0.0912. The molecule has 2 aromatic rings. The summed E-state index contributed by atoms with van der Waals surface area (Å²) in [5.41, 5.74) is 9.46. The Morgan fingerprint density at radius 2 is 2.10 bits per heavy atom. The molecule has 0 radical (unpaired) electrons. The molecule has 0 aromatic heterocycles. The Kier molecular flexibility index (Phi) is 2.88. The van der Waals surface area contributed by atoms with Gasteiger partial charge in [0.2, 0.25) is 0 Å². The van der Waals surface area contributed by atoms with Crippen molar-refractivity contribution in [3.63, 3.8) is 0 Å². The first kappa shape index (κ1) is 12.2. The quantitative estimate of drug-likeness (QED) is 0.803. The lowest BCUT2D eigenvalue weighted by Gasteiger charge is -2.17. The zero-order chi connectivity index (χ0) is 14.1. The number of hydrogen-bond donors (Lipinski definition) is 1. The standard InChI is InChI=1S/C16H13N3O/c17-10-11-2-1-3-13(8-11)16(20)19-7-6-12-4-5-14(18)9-15(12)19/h1-5,8-9H,6-7,18H2. The van der Waals surface area contributed by atoms with Gasteiger partial charge in [0.25, 0.3) is 5.91 Å². The Morgan fingerprint density at radius 1 is 1.25 bits per heavy atom. The number of hydrogen-bond acceptors (Lipinski definition) is 3. The van der Waals surface area contributed by atoms with E-state index < -0.39 is 0 Å². The fraction of sp³-hybridized carbons (Fsp3) is 0.125. The monoisotopic (exact) mass is 263 g/mol. The van der Waals surface area contributed by atoms with Crippen molar-refractivity contribution in [2.24, 2.45) is 0 Å². The molecular formula is C16H13N3O. The smallest absolute Gasteiger partial charge is 0.258 e. The Balaban J connectivity index is 1.97. The van der Waals surface area contributed by atoms with E-state index in [9.17, 15) is 4.79 Å². The number of fused-ring (bicyclic) bond motifs is 1. The number of nitrogens with zero attached hydrogens (tertiary/aromatic N) is 2. The molecule has 2 aromatic carbocycles. The number of amides is 1. The Morgan fingerprint density at radius 3 is 2.90 bits per heavy atom. The zero-order valence-corrected chi connectivity index (χ0v) is 10.8. The van der Waals surface area contributed by atoms with Crippen molar-refractivity contribution in [2.45, 2.75) is 6.42 Å². The molecule has 4 nitrogen and oxygen atoms in total. The van der Waals surface area contributed by atoms with Crippen LogP contribution in [-0.2, 0) is 6.42 Å². The summed E-state index contributed by atoms with van der Waals surface area (Å²) in [6.07, 6.45) is 0.833. The molecule has 0 fully saturated rings. The van der Waals surface area contributed by atoms with Crippen molar-refractivity contribution in [3.8, 4) is 6.07 Å². The molecule has 1 aliphatic rings. The van der Waals surface area contributed by atoms with Gasteiger partial charge >= 0.3 is 0 Å². The number of nitrogens with two attached hydrogens (primary N) is 1. The predicted molar refractivity (Wildman–Crippen MR) is 77.4 cm³/mol. The lowest BCUT2D eigenvalue weighted by atomic mass is 10.1. The van der Waals surface area contributed by atoms with Crippen molar-refractivity contribution >= 4 is 17.3 Å². The van der Waals surface area contributed by atoms with E-state index in [1.807, 2.05) is 18.2 Å². The topological polar surface area (TPSA) is 70.1 Å². The summed E-state index contributed by atoms with van der Waals surface area (Å²) in [5.74, 6) is -0.0912. The number of rotatable bonds is 1. The molecule has 0 aliphatic carbocycles. The molecule has 1 amide bonds. The van der Waals surface area contributed by atoms with E-state index in [0.717, 1.165) is 17.7 Å². The van der Waals surface area contributed by atoms with E-state index in [0.29, 0.717) is 23.4 Å². The van der Waals surface area contributed by atoms with Crippen molar-refractivity contribution in [2.75, 3.05) is 17.2 Å². The highest BCUT2D eigenvalue weighted by molar-refractivity contribution is 6.07. The van der Waals surface area contributed by atoms with Gasteiger partial charge in [-0.2, -0.15) is 5.26 Å². The van der Waals surface area contributed by atoms with Gasteiger partial charge in [-0.25, -0.2) is 0 Å². The van der Waals surface area contributed by atoms with Crippen LogP contribution in [0.25, 0.3) is 0 Å². The van der Waals surface area contributed by atoms with Crippen molar-refractivity contribution < 1.29 is 4.79 Å². The molecule has 3 rings (SSSR count). The number of carbonyl (C=O) groups is 1. The minimum absolute atomic E-state index is 0.0912. The van der Waals surface area contributed by atoms with E-state index in [2.05, 4.69) is 6.07 Å². The maximum absolute atomic E-state index is 12.6. The first-order chi connectivity index (χ1) is 9.69. The first-order valence-corrected chi connectivity index (χ1v) is 6.39. The highest BCUT2D eigenvalue weighted by Crippen LogP contribution is 2.31. The summed E-state index contributed by atoms with van der Waals surface area (Å²) >= 11 is 0. The van der Waals surface area contributed by atoms with Crippen molar-refractivity contribution in [1.82, 2.24) is 0 Å². The van der Waals surface area contributed by atoms with Crippen LogP contribution >= 0.6 is 0 Å². The molecule has 0 unspecified atom stereocenters. The SMILES string of the molecule is N#Cc1cccc(C(=O)N2CCc3ccc(N)cc32)c1. The van der Waals surface area contributed by atoms with Gasteiger partial charge in [-0.3, -0.25) is 4.79 Å². The van der Waals surface area contributed by atoms with E-state index in [4.69, 9.17) is 11.0 Å². The maximum Gasteiger partial charge on any atom is 0.258 e. The fourth-order valence-corrected chi connectivity index (χ4v) is 2.48. The molecule has 0 spiro atoms. The second-order valence-corrected chi connectivity index (χ2v) is 4.79. The summed E-state index contributed by atoms with van der Waals surface area (Å²) in [6.45, 7) is 0.647. The first-order valence-electron chi connectivity index (χ1n) is 6.39. The van der Waals surface area contributed by atoms with Gasteiger partial charge in [-0.15, -0.1) is 0 Å². The van der Waals surface area contributed by atoms with Crippen LogP contribution < -0.4 is 10.6 Å². The molecule has 0 saturated carbocycles. The van der Waals surface area contributed by atoms with Crippen LogP contribution in [0, 0.1) is 11.3 Å². The normalized spacial score (nSPS) is 12.8. The van der Waals surface area contributed by atoms with Crippen LogP contribution in [0.15, 0.2) is 42.5 Å². The summed E-state index contributed by atoms with van der Waals surface area (Å²) in [4.78, 5) is 14.3. The summed E-state index contributed by atoms with van der Waals surface area (Å²) in [5, 5.41) is 8.91. The van der Waals surface area contributed by atoms with Crippen LogP contribution in [-0.4, -0.2) is 12.5 Å². The average Bonchev–Trinajstić information content (AvgIpc) is 2.89. The Labute approximate surface area is 117 Å². The molecule has 20 heavy (non-hydrogen) atoms. The van der Waals surface area contributed by atoms with Gasteiger partial charge in [0.15, 0.2) is 0 Å². The number of benzene rings is 2. The van der Waals surface area contributed by atoms with Crippen LogP contribution in [0.1, 0.15) is 21.5 Å². The third-order valence-corrected chi connectivity index (χ3v) is 3.49. The molecule has 2 N–H and O–H groups in total. The van der Waals surface area contributed by atoms with Crippen molar-refractivity contribution in [1.29, 1.82) is 5.26 Å². The second kappa shape index (κ2) is 4.71. The molecule has 0 saturated heterocycles. The van der Waals surface area contributed by atoms with Gasteiger partial charge in [-0.05, 0) is 42.3 Å². The number of nitriles is 1. The molecule has 1 heterocycles. The van der Waals surface area contributed by atoms with Crippen LogP contribution in [0.5, 0.6) is 0 Å². The number of nitrogen functional groups attached to an aromatic ring is 1. The van der Waals surface area contributed by atoms with Gasteiger partial charge in [0.1, 0.15) is 0 Å². The lowest BCUT2D eigenvalue weighted by molar-refractivity contribution is 0.0989. The Bertz CT molecular complexity index is 731. The summed E-state index contributed by atoms with van der Waals surface area (Å²) in [7, 11) is 0. The second-order valence-electron chi connectivity index (χ2n) is 4.79. The molecular weight excluding hydrogens is 250 g/mol. The largest absolute Gasteiger partial charge is 0.399 e. The van der Waals surface area contributed by atoms with E-state index in [1.165, 1.54) is 0 Å². The van der Waals surface area contributed by atoms with Gasteiger partial charge in [0, 0.05) is 23.5 Å². The highest BCUT2D eigenvalue weighted by Gasteiger charge is 2.25.